The van der Waals surface area contributed by atoms with E-state index in [1.807, 2.05) is 72.0 Å². The Morgan fingerprint density at radius 1 is 0.357 bits per heavy atom. The van der Waals surface area contributed by atoms with Gasteiger partial charge in [0.1, 0.15) is 0 Å². The van der Waals surface area contributed by atoms with E-state index in [1.165, 1.54) is 53.1 Å². The molecule has 0 aliphatic heterocycles. The fourth-order valence-electron chi connectivity index (χ4n) is 8.08. The Morgan fingerprint density at radius 2 is 0.875 bits per heavy atom. The van der Waals surface area contributed by atoms with Crippen LogP contribution in [-0.4, -0.2) is 19.5 Å². The normalized spacial score (nSPS) is 11.6. The van der Waals surface area contributed by atoms with E-state index in [1.54, 1.807) is 0 Å². The van der Waals surface area contributed by atoms with Gasteiger partial charge in [-0.25, -0.2) is 15.0 Å². The van der Waals surface area contributed by atoms with Gasteiger partial charge < -0.3 is 4.57 Å². The Bertz CT molecular complexity index is 3200. The Morgan fingerprint density at radius 3 is 1.64 bits per heavy atom. The molecule has 262 valence electrons. The molecule has 8 aromatic carbocycles. The molecular formula is C51H32N4S. The number of fused-ring (bicyclic) bond motifs is 6. The Labute approximate surface area is 327 Å². The molecule has 11 rings (SSSR count). The van der Waals surface area contributed by atoms with E-state index in [9.17, 15) is 0 Å². The van der Waals surface area contributed by atoms with Crippen molar-refractivity contribution in [1.29, 1.82) is 0 Å². The lowest BCUT2D eigenvalue weighted by molar-refractivity contribution is 1.07. The summed E-state index contributed by atoms with van der Waals surface area (Å²) in [5, 5.41) is 5.12. The van der Waals surface area contributed by atoms with E-state index in [2.05, 4.69) is 138 Å². The van der Waals surface area contributed by atoms with Crippen LogP contribution >= 0.6 is 11.3 Å². The van der Waals surface area contributed by atoms with Crippen LogP contribution in [0.3, 0.4) is 0 Å². The molecule has 0 radical (unpaired) electrons. The van der Waals surface area contributed by atoms with Gasteiger partial charge >= 0.3 is 0 Å². The molecule has 0 saturated heterocycles. The predicted octanol–water partition coefficient (Wildman–Crippen LogP) is 13.7. The monoisotopic (exact) mass is 732 g/mol. The van der Waals surface area contributed by atoms with Gasteiger partial charge in [0.15, 0.2) is 17.5 Å². The third-order valence-electron chi connectivity index (χ3n) is 10.6. The predicted molar refractivity (Wildman–Crippen MR) is 234 cm³/mol. The molecule has 0 spiro atoms. The molecule has 0 bridgehead atoms. The van der Waals surface area contributed by atoms with E-state index >= 15 is 0 Å². The first-order chi connectivity index (χ1) is 27.8. The second-order valence-electron chi connectivity index (χ2n) is 14.0. The van der Waals surface area contributed by atoms with E-state index < -0.39 is 0 Å². The van der Waals surface area contributed by atoms with Crippen LogP contribution < -0.4 is 0 Å². The lowest BCUT2D eigenvalue weighted by Crippen LogP contribution is -2.00. The Hall–Kier alpha value is -7.21. The standard InChI is InChI=1S/C51H32N4S/c1-3-15-33(16-4-1)49-52-50(34-17-5-2-6-18-34)54-51(53-49)37-21-11-19-35(31-37)36-20-12-22-38(32-36)55-44-28-9-7-24-43(44)47-40(25-14-29-45(47)55)42-27-13-26-41-39-23-8-10-30-46(39)56-48(41)42/h1-32H. The van der Waals surface area contributed by atoms with Gasteiger partial charge in [0.05, 0.1) is 11.0 Å². The van der Waals surface area contributed by atoms with E-state index in [-0.39, 0.29) is 0 Å². The van der Waals surface area contributed by atoms with E-state index in [0.717, 1.165) is 33.5 Å². The first-order valence-corrected chi connectivity index (χ1v) is 19.6. The minimum atomic E-state index is 0.638. The highest BCUT2D eigenvalue weighted by atomic mass is 32.1. The number of thiophene rings is 1. The molecular weight excluding hydrogens is 701 g/mol. The summed E-state index contributed by atoms with van der Waals surface area (Å²) in [5.74, 6) is 1.94. The van der Waals surface area contributed by atoms with Crippen molar-refractivity contribution >= 4 is 53.3 Å². The summed E-state index contributed by atoms with van der Waals surface area (Å²) >= 11 is 1.88. The lowest BCUT2D eigenvalue weighted by atomic mass is 9.98. The van der Waals surface area contributed by atoms with Crippen molar-refractivity contribution in [2.45, 2.75) is 0 Å². The van der Waals surface area contributed by atoms with Crippen molar-refractivity contribution in [3.63, 3.8) is 0 Å². The van der Waals surface area contributed by atoms with Crippen LogP contribution in [0.2, 0.25) is 0 Å². The maximum atomic E-state index is 5.00. The molecule has 0 unspecified atom stereocenters. The molecule has 4 nitrogen and oxygen atoms in total. The quantitative estimate of drug-likeness (QED) is 0.171. The zero-order chi connectivity index (χ0) is 37.0. The molecule has 3 aromatic heterocycles. The van der Waals surface area contributed by atoms with Crippen molar-refractivity contribution in [2.75, 3.05) is 0 Å². The zero-order valence-electron chi connectivity index (χ0n) is 30.2. The zero-order valence-corrected chi connectivity index (χ0v) is 31.0. The summed E-state index contributed by atoms with van der Waals surface area (Å²) in [6, 6.07) is 68.6. The fourth-order valence-corrected chi connectivity index (χ4v) is 9.31. The summed E-state index contributed by atoms with van der Waals surface area (Å²) in [5.41, 5.74) is 11.0. The van der Waals surface area contributed by atoms with Gasteiger partial charge in [0.25, 0.3) is 0 Å². The SMILES string of the molecule is c1ccc(-c2nc(-c3ccccc3)nc(-c3cccc(-c4cccc(-n5c6ccccc6c6c(-c7cccc8c7sc7ccccc78)cccc65)c4)c3)n2)cc1. The molecule has 0 fully saturated rings. The van der Waals surface area contributed by atoms with Crippen LogP contribution in [0.1, 0.15) is 0 Å². The van der Waals surface area contributed by atoms with Gasteiger partial charge in [-0.2, -0.15) is 0 Å². The summed E-state index contributed by atoms with van der Waals surface area (Å²) in [6.45, 7) is 0. The lowest BCUT2D eigenvalue weighted by Gasteiger charge is -2.12. The average Bonchev–Trinajstić information content (AvgIpc) is 3.83. The number of hydrogen-bond acceptors (Lipinski definition) is 4. The van der Waals surface area contributed by atoms with Gasteiger partial charge in [-0.15, -0.1) is 11.3 Å². The number of nitrogens with zero attached hydrogens (tertiary/aromatic N) is 4. The second kappa shape index (κ2) is 13.3. The first kappa shape index (κ1) is 32.2. The smallest absolute Gasteiger partial charge is 0.164 e. The number of benzene rings is 8. The van der Waals surface area contributed by atoms with Crippen molar-refractivity contribution in [2.24, 2.45) is 0 Å². The van der Waals surface area contributed by atoms with Crippen molar-refractivity contribution in [3.8, 4) is 62.1 Å². The van der Waals surface area contributed by atoms with Crippen molar-refractivity contribution < 1.29 is 0 Å². The number of para-hydroxylation sites is 1. The maximum absolute atomic E-state index is 5.00. The van der Waals surface area contributed by atoms with Gasteiger partial charge in [0, 0.05) is 58.9 Å². The van der Waals surface area contributed by atoms with E-state index in [0.29, 0.717) is 17.5 Å². The summed E-state index contributed by atoms with van der Waals surface area (Å²) in [7, 11) is 0. The fraction of sp³-hybridized carbons (Fsp3) is 0. The van der Waals surface area contributed by atoms with Crippen LogP contribution in [0, 0.1) is 0 Å². The molecule has 0 aliphatic rings. The molecule has 0 N–H and O–H groups in total. The van der Waals surface area contributed by atoms with Crippen LogP contribution in [-0.2, 0) is 0 Å². The average molecular weight is 733 g/mol. The molecule has 0 aliphatic carbocycles. The highest BCUT2D eigenvalue weighted by Gasteiger charge is 2.19. The van der Waals surface area contributed by atoms with Crippen LogP contribution in [0.15, 0.2) is 194 Å². The minimum absolute atomic E-state index is 0.638. The third kappa shape index (κ3) is 5.40. The molecule has 3 heterocycles. The van der Waals surface area contributed by atoms with Crippen LogP contribution in [0.5, 0.6) is 0 Å². The van der Waals surface area contributed by atoms with Gasteiger partial charge in [-0.3, -0.25) is 0 Å². The maximum Gasteiger partial charge on any atom is 0.164 e. The van der Waals surface area contributed by atoms with Gasteiger partial charge in [-0.1, -0.05) is 158 Å². The van der Waals surface area contributed by atoms with Crippen molar-refractivity contribution in [3.05, 3.63) is 194 Å². The Balaban J connectivity index is 1.05. The number of rotatable bonds is 6. The second-order valence-corrected chi connectivity index (χ2v) is 15.1. The molecule has 11 aromatic rings. The molecule has 0 saturated carbocycles. The van der Waals surface area contributed by atoms with E-state index in [4.69, 9.17) is 15.0 Å². The third-order valence-corrected chi connectivity index (χ3v) is 11.9. The Kier molecular flexibility index (Phi) is 7.64. The van der Waals surface area contributed by atoms with Crippen LogP contribution in [0.25, 0.3) is 104 Å². The molecule has 0 amide bonds. The van der Waals surface area contributed by atoms with Gasteiger partial charge in [-0.05, 0) is 53.1 Å². The summed E-state index contributed by atoms with van der Waals surface area (Å²) in [6.07, 6.45) is 0. The van der Waals surface area contributed by atoms with Crippen LogP contribution in [0.4, 0.5) is 0 Å². The molecule has 5 heteroatoms. The van der Waals surface area contributed by atoms with Crippen molar-refractivity contribution in [1.82, 2.24) is 19.5 Å². The molecule has 56 heavy (non-hydrogen) atoms. The number of aromatic nitrogens is 4. The summed E-state index contributed by atoms with van der Waals surface area (Å²) < 4.78 is 5.05. The molecule has 0 atom stereocenters. The highest BCUT2D eigenvalue weighted by Crippen LogP contribution is 2.44. The minimum Gasteiger partial charge on any atom is -0.309 e. The highest BCUT2D eigenvalue weighted by molar-refractivity contribution is 7.26. The summed E-state index contributed by atoms with van der Waals surface area (Å²) in [4.78, 5) is 14.9. The largest absolute Gasteiger partial charge is 0.309 e. The van der Waals surface area contributed by atoms with Gasteiger partial charge in [0.2, 0.25) is 0 Å². The first-order valence-electron chi connectivity index (χ1n) is 18.8. The number of hydrogen-bond donors (Lipinski definition) is 0. The topological polar surface area (TPSA) is 43.6 Å².